The monoisotopic (exact) mass is 375 g/mol. The fraction of sp³-hybridized carbons (Fsp3) is 0.150. The van der Waals surface area contributed by atoms with Gasteiger partial charge in [0, 0.05) is 35.6 Å². The molecule has 0 aliphatic heterocycles. The van der Waals surface area contributed by atoms with E-state index in [4.69, 9.17) is 5.73 Å². The summed E-state index contributed by atoms with van der Waals surface area (Å²) in [5, 5.41) is 14.6. The maximum absolute atomic E-state index is 9.61. The lowest BCUT2D eigenvalue weighted by Gasteiger charge is -1.99. The van der Waals surface area contributed by atoms with Gasteiger partial charge in [0.15, 0.2) is 0 Å². The van der Waals surface area contributed by atoms with E-state index in [0.29, 0.717) is 6.54 Å². The van der Waals surface area contributed by atoms with E-state index in [1.165, 1.54) is 0 Å². The van der Waals surface area contributed by atoms with Crippen molar-refractivity contribution in [3.8, 4) is 5.75 Å². The number of hydrazone groups is 1. The Morgan fingerprint density at radius 1 is 1.21 bits per heavy atom. The maximum Gasteiger partial charge on any atom is 0.209 e. The molecule has 142 valence electrons. The molecule has 0 bridgehead atoms. The highest BCUT2D eigenvalue weighted by Crippen LogP contribution is 2.21. The lowest BCUT2D eigenvalue weighted by molar-refractivity contribution is 0.476. The van der Waals surface area contributed by atoms with Crippen LogP contribution in [0.15, 0.2) is 58.8 Å². The van der Waals surface area contributed by atoms with Crippen molar-refractivity contribution in [1.29, 1.82) is 0 Å². The molecule has 8 nitrogen and oxygen atoms in total. The quantitative estimate of drug-likeness (QED) is 0.154. The summed E-state index contributed by atoms with van der Waals surface area (Å²) < 4.78 is 0. The van der Waals surface area contributed by atoms with Gasteiger partial charge in [-0.1, -0.05) is 12.1 Å². The third-order valence-electron chi connectivity index (χ3n) is 4.37. The molecule has 0 unspecified atom stereocenters. The number of aliphatic imine (C=N–C) groups is 1. The number of nitrogens with zero attached hydrogens (tertiary/aromatic N) is 3. The molecule has 4 rings (SSSR count). The molecule has 28 heavy (non-hydrogen) atoms. The number of aryl methyl sites for hydroxylation is 1. The summed E-state index contributed by atoms with van der Waals surface area (Å²) in [6, 6.07) is 13.1. The van der Waals surface area contributed by atoms with E-state index in [1.54, 1.807) is 18.3 Å². The van der Waals surface area contributed by atoms with Crippen LogP contribution in [-0.4, -0.2) is 38.8 Å². The first-order chi connectivity index (χ1) is 13.7. The summed E-state index contributed by atoms with van der Waals surface area (Å²) in [6.07, 6.45) is 5.08. The first kappa shape index (κ1) is 17.6. The van der Waals surface area contributed by atoms with E-state index in [9.17, 15) is 5.11 Å². The first-order valence-corrected chi connectivity index (χ1v) is 9.02. The summed E-state index contributed by atoms with van der Waals surface area (Å²) in [7, 11) is 0. The molecule has 0 atom stereocenters. The van der Waals surface area contributed by atoms with E-state index < -0.39 is 0 Å². The van der Waals surface area contributed by atoms with Crippen molar-refractivity contribution in [2.24, 2.45) is 15.8 Å². The van der Waals surface area contributed by atoms with Crippen LogP contribution in [0.2, 0.25) is 0 Å². The molecule has 0 saturated heterocycles. The normalized spacial score (nSPS) is 12.4. The average Bonchev–Trinajstić information content (AvgIpc) is 3.29. The van der Waals surface area contributed by atoms with E-state index in [1.807, 2.05) is 36.5 Å². The van der Waals surface area contributed by atoms with E-state index in [2.05, 4.69) is 30.5 Å². The minimum atomic E-state index is 0.209. The Balaban J connectivity index is 1.28. The smallest absolute Gasteiger partial charge is 0.209 e. The molecule has 2 heterocycles. The Morgan fingerprint density at radius 2 is 2.11 bits per heavy atom. The number of phenolic OH excluding ortho intramolecular Hbond substituents is 1. The standard InChI is InChI=1S/C20H21N7O/c21-20(22-9-3-6-19-25-17-4-1-2-5-18(17)26-19)27-24-12-13-11-23-16-8-7-14(28)10-15(13)16/h1-2,4-5,7-8,10-12,23,28H,3,6,9H2,(H,25,26)(H3,21,22,27)/b24-12+. The zero-order valence-corrected chi connectivity index (χ0v) is 15.2. The van der Waals surface area contributed by atoms with Crippen LogP contribution in [0.5, 0.6) is 5.75 Å². The number of guanidine groups is 1. The summed E-state index contributed by atoms with van der Waals surface area (Å²) in [5.41, 5.74) is 12.3. The fourth-order valence-electron chi connectivity index (χ4n) is 3.01. The SMILES string of the molecule is NC(=NCCCc1nc2ccccc2[nH]1)N/N=C/c1c[nH]c2ccc(O)cc12. The van der Waals surface area contributed by atoms with E-state index in [-0.39, 0.29) is 11.7 Å². The third kappa shape index (κ3) is 3.96. The van der Waals surface area contributed by atoms with Crippen molar-refractivity contribution < 1.29 is 5.11 Å². The Hall–Kier alpha value is -3.81. The predicted molar refractivity (Wildman–Crippen MR) is 112 cm³/mol. The van der Waals surface area contributed by atoms with Crippen LogP contribution in [0, 0.1) is 0 Å². The minimum Gasteiger partial charge on any atom is -0.508 e. The van der Waals surface area contributed by atoms with Gasteiger partial charge in [0.1, 0.15) is 11.6 Å². The molecule has 0 aliphatic carbocycles. The van der Waals surface area contributed by atoms with Gasteiger partial charge >= 0.3 is 0 Å². The molecule has 0 fully saturated rings. The van der Waals surface area contributed by atoms with Crippen molar-refractivity contribution in [2.45, 2.75) is 12.8 Å². The highest BCUT2D eigenvalue weighted by molar-refractivity contribution is 5.99. The van der Waals surface area contributed by atoms with Gasteiger partial charge in [-0.2, -0.15) is 5.10 Å². The van der Waals surface area contributed by atoms with Crippen molar-refractivity contribution in [2.75, 3.05) is 6.54 Å². The summed E-state index contributed by atoms with van der Waals surface area (Å²) in [4.78, 5) is 15.2. The number of nitrogens with two attached hydrogens (primary N) is 1. The van der Waals surface area contributed by atoms with Crippen LogP contribution in [0.25, 0.3) is 21.9 Å². The van der Waals surface area contributed by atoms with Gasteiger partial charge in [0.25, 0.3) is 0 Å². The topological polar surface area (TPSA) is 127 Å². The third-order valence-corrected chi connectivity index (χ3v) is 4.37. The van der Waals surface area contributed by atoms with Gasteiger partial charge in [-0.15, -0.1) is 0 Å². The molecular formula is C20H21N7O. The number of nitrogens with one attached hydrogen (secondary N) is 3. The molecule has 0 radical (unpaired) electrons. The van der Waals surface area contributed by atoms with Crippen LogP contribution >= 0.6 is 0 Å². The van der Waals surface area contributed by atoms with E-state index in [0.717, 1.165) is 46.2 Å². The second-order valence-electron chi connectivity index (χ2n) is 6.42. The Morgan fingerprint density at radius 3 is 3.00 bits per heavy atom. The first-order valence-electron chi connectivity index (χ1n) is 9.02. The summed E-state index contributed by atoms with van der Waals surface area (Å²) in [5.74, 6) is 1.41. The Bertz CT molecular complexity index is 1120. The van der Waals surface area contributed by atoms with Crippen molar-refractivity contribution in [1.82, 2.24) is 20.4 Å². The van der Waals surface area contributed by atoms with Crippen molar-refractivity contribution in [3.63, 3.8) is 0 Å². The number of aromatic amines is 2. The largest absolute Gasteiger partial charge is 0.508 e. The number of hydrogen-bond acceptors (Lipinski definition) is 4. The maximum atomic E-state index is 9.61. The van der Waals surface area contributed by atoms with Crippen molar-refractivity contribution >= 4 is 34.1 Å². The molecule has 2 aromatic heterocycles. The lowest BCUT2D eigenvalue weighted by Crippen LogP contribution is -2.27. The van der Waals surface area contributed by atoms with Gasteiger partial charge in [-0.05, 0) is 36.8 Å². The molecule has 0 spiro atoms. The highest BCUT2D eigenvalue weighted by Gasteiger charge is 2.03. The van der Waals surface area contributed by atoms with Crippen LogP contribution in [0.1, 0.15) is 17.8 Å². The van der Waals surface area contributed by atoms with Gasteiger partial charge in [-0.3, -0.25) is 4.99 Å². The number of aromatic nitrogens is 3. The second kappa shape index (κ2) is 7.83. The minimum absolute atomic E-state index is 0.209. The molecule has 0 amide bonds. The molecule has 2 aromatic carbocycles. The van der Waals surface area contributed by atoms with Gasteiger partial charge in [0.2, 0.25) is 5.96 Å². The predicted octanol–water partition coefficient (Wildman–Crippen LogP) is 2.62. The van der Waals surface area contributed by atoms with Crippen LogP contribution in [0.4, 0.5) is 0 Å². The average molecular weight is 375 g/mol. The van der Waals surface area contributed by atoms with Crippen LogP contribution < -0.4 is 11.2 Å². The number of rotatable bonds is 6. The number of H-pyrrole nitrogens is 2. The molecule has 0 saturated carbocycles. The van der Waals surface area contributed by atoms with E-state index >= 15 is 0 Å². The van der Waals surface area contributed by atoms with Gasteiger partial charge in [-0.25, -0.2) is 10.4 Å². The van der Waals surface area contributed by atoms with Gasteiger partial charge in [0.05, 0.1) is 17.2 Å². The zero-order valence-electron chi connectivity index (χ0n) is 15.2. The Labute approximate surface area is 161 Å². The molecular weight excluding hydrogens is 354 g/mol. The summed E-state index contributed by atoms with van der Waals surface area (Å²) >= 11 is 0. The second-order valence-corrected chi connectivity index (χ2v) is 6.42. The number of para-hydroxylation sites is 2. The van der Waals surface area contributed by atoms with Crippen molar-refractivity contribution in [3.05, 3.63) is 60.0 Å². The number of fused-ring (bicyclic) bond motifs is 2. The van der Waals surface area contributed by atoms with Crippen LogP contribution in [0.3, 0.4) is 0 Å². The number of phenols is 1. The van der Waals surface area contributed by atoms with Gasteiger partial charge < -0.3 is 20.8 Å². The molecule has 6 N–H and O–H groups in total. The number of hydrogen-bond donors (Lipinski definition) is 5. The fourth-order valence-corrected chi connectivity index (χ4v) is 3.01. The number of aromatic hydroxyl groups is 1. The number of imidazole rings is 1. The molecule has 0 aliphatic rings. The number of benzene rings is 2. The Kier molecular flexibility index (Phi) is 4.92. The molecule has 8 heteroatoms. The summed E-state index contributed by atoms with van der Waals surface area (Å²) in [6.45, 7) is 0.576. The van der Waals surface area contributed by atoms with Crippen LogP contribution in [-0.2, 0) is 6.42 Å². The molecule has 4 aromatic rings. The lowest BCUT2D eigenvalue weighted by atomic mass is 10.2. The zero-order chi connectivity index (χ0) is 19.3. The highest BCUT2D eigenvalue weighted by atomic mass is 16.3.